The maximum atomic E-state index is 4.51. The van der Waals surface area contributed by atoms with Crippen LogP contribution in [0.15, 0.2) is 6.07 Å². The predicted molar refractivity (Wildman–Crippen MR) is 69.1 cm³/mol. The number of aromatic nitrogens is 2. The second-order valence-corrected chi connectivity index (χ2v) is 4.77. The summed E-state index contributed by atoms with van der Waals surface area (Å²) in [5.74, 6) is 2.64. The maximum absolute atomic E-state index is 4.51. The SMILES string of the molecule is CCNc1cc(NCC)nc(C(C)(C)C)n1. The lowest BCUT2D eigenvalue weighted by Crippen LogP contribution is -2.18. The number of hydrogen-bond donors (Lipinski definition) is 2. The molecule has 1 rings (SSSR count). The van der Waals surface area contributed by atoms with E-state index >= 15 is 0 Å². The summed E-state index contributed by atoms with van der Waals surface area (Å²) in [5.41, 5.74) is -0.0321. The molecule has 0 aliphatic rings. The van der Waals surface area contributed by atoms with Crippen LogP contribution in [0.25, 0.3) is 0 Å². The summed E-state index contributed by atoms with van der Waals surface area (Å²) in [6.45, 7) is 12.2. The van der Waals surface area contributed by atoms with E-state index in [0.717, 1.165) is 30.5 Å². The average Bonchev–Trinajstić information content (AvgIpc) is 2.17. The zero-order chi connectivity index (χ0) is 12.2. The highest BCUT2D eigenvalue weighted by molar-refractivity contribution is 5.48. The summed E-state index contributed by atoms with van der Waals surface area (Å²) < 4.78 is 0. The van der Waals surface area contributed by atoms with E-state index in [1.165, 1.54) is 0 Å². The van der Waals surface area contributed by atoms with Crippen molar-refractivity contribution >= 4 is 11.6 Å². The molecule has 1 aromatic rings. The van der Waals surface area contributed by atoms with Crippen LogP contribution in [-0.4, -0.2) is 23.1 Å². The first-order valence-electron chi connectivity index (χ1n) is 5.84. The molecule has 0 aromatic carbocycles. The molecule has 0 unspecified atom stereocenters. The quantitative estimate of drug-likeness (QED) is 0.822. The minimum Gasteiger partial charge on any atom is -0.370 e. The van der Waals surface area contributed by atoms with Crippen LogP contribution >= 0.6 is 0 Å². The second-order valence-electron chi connectivity index (χ2n) is 4.77. The van der Waals surface area contributed by atoms with Crippen molar-refractivity contribution in [1.29, 1.82) is 0 Å². The van der Waals surface area contributed by atoms with Gasteiger partial charge in [-0.1, -0.05) is 20.8 Å². The van der Waals surface area contributed by atoms with Crippen LogP contribution in [-0.2, 0) is 5.41 Å². The number of nitrogens with zero attached hydrogens (tertiary/aromatic N) is 2. The van der Waals surface area contributed by atoms with Crippen molar-refractivity contribution in [3.63, 3.8) is 0 Å². The van der Waals surface area contributed by atoms with Gasteiger partial charge in [0.2, 0.25) is 0 Å². The van der Waals surface area contributed by atoms with Crippen molar-refractivity contribution in [3.05, 3.63) is 11.9 Å². The van der Waals surface area contributed by atoms with Crippen molar-refractivity contribution in [1.82, 2.24) is 9.97 Å². The van der Waals surface area contributed by atoms with Crippen LogP contribution in [0.3, 0.4) is 0 Å². The molecule has 90 valence electrons. The zero-order valence-corrected chi connectivity index (χ0v) is 10.9. The molecule has 0 atom stereocenters. The van der Waals surface area contributed by atoms with Gasteiger partial charge in [-0.2, -0.15) is 0 Å². The Kier molecular flexibility index (Phi) is 4.10. The topological polar surface area (TPSA) is 49.8 Å². The predicted octanol–water partition coefficient (Wildman–Crippen LogP) is 2.64. The standard InChI is InChI=1S/C12H22N4/c1-6-13-9-8-10(14-7-2)16-11(15-9)12(3,4)5/h8H,6-7H2,1-5H3,(H2,13,14,15,16). The van der Waals surface area contributed by atoms with Gasteiger partial charge in [0, 0.05) is 24.6 Å². The smallest absolute Gasteiger partial charge is 0.138 e. The minimum absolute atomic E-state index is 0.0321. The highest BCUT2D eigenvalue weighted by Crippen LogP contribution is 2.22. The summed E-state index contributed by atoms with van der Waals surface area (Å²) in [6, 6.07) is 1.95. The Morgan fingerprint density at radius 1 is 1.00 bits per heavy atom. The molecule has 1 heterocycles. The average molecular weight is 222 g/mol. The summed E-state index contributed by atoms with van der Waals surface area (Å²) in [6.07, 6.45) is 0. The van der Waals surface area contributed by atoms with Crippen LogP contribution in [0.2, 0.25) is 0 Å². The van der Waals surface area contributed by atoms with Crippen LogP contribution in [0.5, 0.6) is 0 Å². The van der Waals surface area contributed by atoms with E-state index in [-0.39, 0.29) is 5.41 Å². The van der Waals surface area contributed by atoms with E-state index in [4.69, 9.17) is 0 Å². The van der Waals surface area contributed by atoms with Gasteiger partial charge in [-0.3, -0.25) is 0 Å². The van der Waals surface area contributed by atoms with E-state index in [9.17, 15) is 0 Å². The van der Waals surface area contributed by atoms with Crippen molar-refractivity contribution in [2.24, 2.45) is 0 Å². The molecule has 0 bridgehead atoms. The fraction of sp³-hybridized carbons (Fsp3) is 0.667. The van der Waals surface area contributed by atoms with E-state index < -0.39 is 0 Å². The summed E-state index contributed by atoms with van der Waals surface area (Å²) in [5, 5.41) is 6.46. The van der Waals surface area contributed by atoms with Gasteiger partial charge in [-0.05, 0) is 13.8 Å². The second kappa shape index (κ2) is 5.14. The molecule has 0 spiro atoms. The third-order valence-electron chi connectivity index (χ3n) is 2.11. The van der Waals surface area contributed by atoms with E-state index in [1.807, 2.05) is 6.07 Å². The third kappa shape index (κ3) is 3.36. The molecule has 0 amide bonds. The van der Waals surface area contributed by atoms with E-state index in [2.05, 4.69) is 55.2 Å². The highest BCUT2D eigenvalue weighted by Gasteiger charge is 2.18. The lowest BCUT2D eigenvalue weighted by molar-refractivity contribution is 0.546. The van der Waals surface area contributed by atoms with Crippen molar-refractivity contribution in [3.8, 4) is 0 Å². The number of nitrogens with one attached hydrogen (secondary N) is 2. The van der Waals surface area contributed by atoms with Gasteiger partial charge < -0.3 is 10.6 Å². The molecule has 4 nitrogen and oxygen atoms in total. The van der Waals surface area contributed by atoms with Crippen LogP contribution in [0, 0.1) is 0 Å². The molecule has 0 aliphatic heterocycles. The molecule has 0 fully saturated rings. The van der Waals surface area contributed by atoms with Crippen molar-refractivity contribution < 1.29 is 0 Å². The molecule has 0 aliphatic carbocycles. The van der Waals surface area contributed by atoms with Crippen LogP contribution in [0.1, 0.15) is 40.4 Å². The molecule has 0 radical (unpaired) electrons. The first kappa shape index (κ1) is 12.7. The lowest BCUT2D eigenvalue weighted by Gasteiger charge is -2.19. The lowest BCUT2D eigenvalue weighted by atomic mass is 9.96. The normalized spacial score (nSPS) is 11.3. The van der Waals surface area contributed by atoms with E-state index in [1.54, 1.807) is 0 Å². The Balaban J connectivity index is 3.08. The van der Waals surface area contributed by atoms with Gasteiger partial charge in [0.15, 0.2) is 0 Å². The van der Waals surface area contributed by atoms with Gasteiger partial charge in [-0.25, -0.2) is 9.97 Å². The fourth-order valence-electron chi connectivity index (χ4n) is 1.33. The van der Waals surface area contributed by atoms with Crippen molar-refractivity contribution in [2.45, 2.75) is 40.0 Å². The Morgan fingerprint density at radius 3 is 1.75 bits per heavy atom. The van der Waals surface area contributed by atoms with Gasteiger partial charge in [-0.15, -0.1) is 0 Å². The van der Waals surface area contributed by atoms with Gasteiger partial charge in [0.05, 0.1) is 0 Å². The number of rotatable bonds is 4. The fourth-order valence-corrected chi connectivity index (χ4v) is 1.33. The zero-order valence-electron chi connectivity index (χ0n) is 10.9. The Bertz CT molecular complexity index is 317. The number of anilines is 2. The molecule has 2 N–H and O–H groups in total. The molecular weight excluding hydrogens is 200 g/mol. The Morgan fingerprint density at radius 2 is 1.44 bits per heavy atom. The summed E-state index contributed by atoms with van der Waals surface area (Å²) >= 11 is 0. The summed E-state index contributed by atoms with van der Waals surface area (Å²) in [4.78, 5) is 9.03. The van der Waals surface area contributed by atoms with Crippen molar-refractivity contribution in [2.75, 3.05) is 23.7 Å². The Labute approximate surface area is 97.9 Å². The molecule has 0 saturated heterocycles. The molecule has 16 heavy (non-hydrogen) atoms. The highest BCUT2D eigenvalue weighted by atomic mass is 15.1. The summed E-state index contributed by atoms with van der Waals surface area (Å²) in [7, 11) is 0. The first-order chi connectivity index (χ1) is 7.47. The maximum Gasteiger partial charge on any atom is 0.138 e. The van der Waals surface area contributed by atoms with Gasteiger partial charge in [0.1, 0.15) is 17.5 Å². The minimum atomic E-state index is -0.0321. The third-order valence-corrected chi connectivity index (χ3v) is 2.11. The van der Waals surface area contributed by atoms with Gasteiger partial charge >= 0.3 is 0 Å². The molecule has 1 aromatic heterocycles. The monoisotopic (exact) mass is 222 g/mol. The van der Waals surface area contributed by atoms with E-state index in [0.29, 0.717) is 0 Å². The molecule has 4 heteroatoms. The number of hydrogen-bond acceptors (Lipinski definition) is 4. The molecular formula is C12H22N4. The molecule has 0 saturated carbocycles. The Hall–Kier alpha value is -1.32. The first-order valence-corrected chi connectivity index (χ1v) is 5.84. The van der Waals surface area contributed by atoms with Crippen LogP contribution < -0.4 is 10.6 Å². The van der Waals surface area contributed by atoms with Gasteiger partial charge in [0.25, 0.3) is 0 Å². The van der Waals surface area contributed by atoms with Crippen LogP contribution in [0.4, 0.5) is 11.6 Å². The largest absolute Gasteiger partial charge is 0.370 e.